The van der Waals surface area contributed by atoms with Crippen LogP contribution in [0, 0.1) is 22.7 Å². The molecule has 4 aliphatic rings. The number of halogens is 4. The molecule has 0 saturated heterocycles. The average molecular weight is 1500 g/mol. The summed E-state index contributed by atoms with van der Waals surface area (Å²) < 4.78 is 7.49. The zero-order valence-electron chi connectivity index (χ0n) is 60.3. The van der Waals surface area contributed by atoms with Gasteiger partial charge >= 0.3 is 571 Å². The van der Waals surface area contributed by atoms with Gasteiger partial charge in [-0.25, -0.2) is 0 Å². The van der Waals surface area contributed by atoms with Crippen molar-refractivity contribution >= 4 is 6.41 Å². The maximum Gasteiger partial charge on any atom is -1.00 e. The van der Waals surface area contributed by atoms with Gasteiger partial charge in [0, 0.05) is 0 Å². The standard InChI is InChI=1S/2C21H25.2C13H10.C11H17.C10H15.4ClH.2Zr/c2*1-20(2,3)16-7-9-18-14(12-16)11-15-13-17(21(4,5)6)8-10-19(15)18;2*1-3-7-12(8-4-1)11-13-9-5-2-6-10-13;1-5-9-6-7-10(8-9)11(2,3)4;1-8-5-6-9(7-8)10(2,3)4;;;;;;/h2*7-13H,1-6H3;2*1-10H;7-9H,5H2,1-4H3;6-8H,1-4H3;4*1H;;/q;;;;;;;;;;;+4/p-4. The first kappa shape index (κ1) is 77.7. The third-order valence-corrected chi connectivity index (χ3v) is 37.2. The van der Waals surface area contributed by atoms with E-state index in [4.69, 9.17) is 0 Å². The molecular formula is C89H102Cl4Zr2. The van der Waals surface area contributed by atoms with E-state index in [1.54, 1.807) is 35.2 Å². The Bertz CT molecular complexity index is 4040. The van der Waals surface area contributed by atoms with Gasteiger partial charge in [0.05, 0.1) is 0 Å². The van der Waals surface area contributed by atoms with Crippen LogP contribution in [0.1, 0.15) is 219 Å². The van der Waals surface area contributed by atoms with Gasteiger partial charge in [0.2, 0.25) is 0 Å². The molecule has 0 bridgehead atoms. The van der Waals surface area contributed by atoms with Gasteiger partial charge in [0.15, 0.2) is 0 Å². The van der Waals surface area contributed by atoms with Crippen LogP contribution >= 0.6 is 0 Å². The number of hydrogen-bond acceptors (Lipinski definition) is 0. The Morgan fingerprint density at radius 2 is 0.684 bits per heavy atom. The predicted octanol–water partition coefficient (Wildman–Crippen LogP) is 11.9. The number of benzene rings is 8. The zero-order valence-corrected chi connectivity index (χ0v) is 68.3. The van der Waals surface area contributed by atoms with Crippen molar-refractivity contribution in [1.82, 2.24) is 0 Å². The monoisotopic (exact) mass is 1490 g/mol. The summed E-state index contributed by atoms with van der Waals surface area (Å²) in [6, 6.07) is 75.4. The molecule has 95 heavy (non-hydrogen) atoms. The maximum atomic E-state index is 2.69. The SMILES string of the molecule is CC1C=C(C(C)(C)C)C=[C]1[Zr](=[C](c1ccccc1)c1ccccc1)[CH]1c2cc(C(C)(C)C)ccc2-c2ccc(C(C)(C)C)cc21.CCC1C=C(C(C)(C)C)C=[C]1[Zr+4](=[C](c1ccccc1)c1ccccc1)[CH]1c2cc(C(C)(C)C)ccc2-c2ccc(C(C)(C)C)cc21.[Cl-].[Cl-].[Cl-].[Cl-]. The molecule has 494 valence electrons. The van der Waals surface area contributed by atoms with Crippen LogP contribution in [0.25, 0.3) is 22.3 Å². The summed E-state index contributed by atoms with van der Waals surface area (Å²) in [6.07, 6.45) is 11.7. The molecule has 0 fully saturated rings. The number of hydrogen-bond donors (Lipinski definition) is 0. The smallest absolute Gasteiger partial charge is 1.00 e. The van der Waals surface area contributed by atoms with E-state index in [9.17, 15) is 0 Å². The Balaban J connectivity index is 0.000000258. The minimum atomic E-state index is -2.89. The molecule has 12 rings (SSSR count). The van der Waals surface area contributed by atoms with Crippen LogP contribution in [-0.2, 0) is 64.2 Å². The van der Waals surface area contributed by atoms with Crippen molar-refractivity contribution in [3.05, 3.63) is 303 Å². The molecule has 0 aliphatic heterocycles. The van der Waals surface area contributed by atoms with E-state index in [-0.39, 0.29) is 82.1 Å². The van der Waals surface area contributed by atoms with E-state index in [0.717, 1.165) is 6.42 Å². The van der Waals surface area contributed by atoms with Crippen LogP contribution in [0.5, 0.6) is 0 Å². The average Bonchev–Trinajstić information content (AvgIpc) is 1.58. The Kier molecular flexibility index (Phi) is 24.6. The van der Waals surface area contributed by atoms with Crippen molar-refractivity contribution in [3.8, 4) is 22.3 Å². The fraction of sp³-hybridized carbons (Fsp3) is 0.348. The van der Waals surface area contributed by atoms with Gasteiger partial charge in [-0.15, -0.1) is 0 Å². The topological polar surface area (TPSA) is 0 Å². The molecule has 0 saturated carbocycles. The van der Waals surface area contributed by atoms with Crippen LogP contribution in [0.4, 0.5) is 0 Å². The first-order valence-corrected chi connectivity index (χ1v) is 41.8. The first-order chi connectivity index (χ1) is 42.8. The second-order valence-electron chi connectivity index (χ2n) is 32.9. The molecule has 4 aliphatic carbocycles. The molecule has 0 nitrogen and oxygen atoms in total. The molecule has 0 radical (unpaired) electrons. The third kappa shape index (κ3) is 16.2. The molecule has 2 unspecified atom stereocenters. The zero-order chi connectivity index (χ0) is 65.3. The summed E-state index contributed by atoms with van der Waals surface area (Å²) in [7, 11) is 0. The van der Waals surface area contributed by atoms with Gasteiger partial charge in [-0.2, -0.15) is 0 Å². The van der Waals surface area contributed by atoms with Crippen LogP contribution in [0.3, 0.4) is 0 Å². The van der Waals surface area contributed by atoms with Crippen LogP contribution in [0.15, 0.2) is 236 Å². The van der Waals surface area contributed by atoms with Gasteiger partial charge in [0.25, 0.3) is 0 Å². The van der Waals surface area contributed by atoms with Gasteiger partial charge in [-0.3, -0.25) is 0 Å². The number of allylic oxidation sites excluding steroid dienone is 8. The summed E-state index contributed by atoms with van der Waals surface area (Å²) in [6.45, 7) is 47.5. The molecule has 2 atom stereocenters. The van der Waals surface area contributed by atoms with Gasteiger partial charge in [-0.1, -0.05) is 0 Å². The van der Waals surface area contributed by atoms with E-state index < -0.39 is 42.5 Å². The molecule has 0 spiro atoms. The molecule has 0 heterocycles. The Morgan fingerprint density at radius 3 is 1.00 bits per heavy atom. The second kappa shape index (κ2) is 30.1. The van der Waals surface area contributed by atoms with Crippen molar-refractivity contribution < 1.29 is 92.2 Å². The first-order valence-electron chi connectivity index (χ1n) is 34.0. The van der Waals surface area contributed by atoms with E-state index in [2.05, 4.69) is 357 Å². The Labute approximate surface area is 614 Å². The quantitative estimate of drug-likeness (QED) is 0.135. The molecule has 8 aromatic rings. The third-order valence-electron chi connectivity index (χ3n) is 20.0. The largest absolute Gasteiger partial charge is 1.00 e. The van der Waals surface area contributed by atoms with Crippen molar-refractivity contribution in [2.75, 3.05) is 0 Å². The summed E-state index contributed by atoms with van der Waals surface area (Å²) in [5, 5.41) is 0. The summed E-state index contributed by atoms with van der Waals surface area (Å²) in [4.78, 5) is 0. The summed E-state index contributed by atoms with van der Waals surface area (Å²) >= 11 is -5.75. The van der Waals surface area contributed by atoms with Crippen molar-refractivity contribution in [3.63, 3.8) is 0 Å². The predicted molar refractivity (Wildman–Crippen MR) is 389 cm³/mol. The minimum Gasteiger partial charge on any atom is -1.00 e. The van der Waals surface area contributed by atoms with Crippen molar-refractivity contribution in [2.24, 2.45) is 22.7 Å². The Morgan fingerprint density at radius 1 is 0.368 bits per heavy atom. The summed E-state index contributed by atoms with van der Waals surface area (Å²) in [5.74, 6) is 0.912. The molecule has 6 heteroatoms. The van der Waals surface area contributed by atoms with Gasteiger partial charge < -0.3 is 49.6 Å². The minimum absolute atomic E-state index is 0. The molecule has 8 aromatic carbocycles. The van der Waals surface area contributed by atoms with E-state index in [1.807, 2.05) is 0 Å². The molecular weight excluding hydrogens is 1390 g/mol. The number of fused-ring (bicyclic) bond motifs is 6. The van der Waals surface area contributed by atoms with Crippen molar-refractivity contribution in [2.45, 2.75) is 174 Å². The molecule has 0 amide bonds. The van der Waals surface area contributed by atoms with Crippen LogP contribution in [-0.4, -0.2) is 6.41 Å². The fourth-order valence-electron chi connectivity index (χ4n) is 14.5. The van der Waals surface area contributed by atoms with E-state index in [1.165, 1.54) is 77.9 Å². The van der Waals surface area contributed by atoms with Gasteiger partial charge in [0.1, 0.15) is 0 Å². The Hall–Kier alpha value is -4.61. The van der Waals surface area contributed by atoms with E-state index in [0.29, 0.717) is 19.1 Å². The van der Waals surface area contributed by atoms with E-state index >= 15 is 0 Å². The maximum absolute atomic E-state index is 2.89. The number of rotatable bonds is 9. The normalized spacial score (nSPS) is 16.1. The van der Waals surface area contributed by atoms with Gasteiger partial charge in [-0.05, 0) is 0 Å². The fourth-order valence-corrected chi connectivity index (χ4v) is 33.7. The molecule has 0 N–H and O–H groups in total. The van der Waals surface area contributed by atoms with Crippen LogP contribution < -0.4 is 49.6 Å². The van der Waals surface area contributed by atoms with Crippen molar-refractivity contribution in [1.29, 1.82) is 0 Å². The molecule has 0 aromatic heterocycles. The van der Waals surface area contributed by atoms with Crippen LogP contribution in [0.2, 0.25) is 0 Å². The second-order valence-corrected chi connectivity index (χ2v) is 45.1. The summed E-state index contributed by atoms with van der Waals surface area (Å²) in [5.41, 5.74) is 26.9.